The van der Waals surface area contributed by atoms with E-state index < -0.39 is 0 Å². The van der Waals surface area contributed by atoms with Crippen LogP contribution in [0.5, 0.6) is 0 Å². The molecular weight excluding hydrogens is 296 g/mol. The Hall–Kier alpha value is -2.81. The Morgan fingerprint density at radius 3 is 2.54 bits per heavy atom. The zero-order chi connectivity index (χ0) is 17.5. The van der Waals surface area contributed by atoms with Gasteiger partial charge in [0.05, 0.1) is 5.69 Å². The molecule has 2 amide bonds. The maximum Gasteiger partial charge on any atom is 0.324 e. The van der Waals surface area contributed by atoms with E-state index in [4.69, 9.17) is 0 Å². The van der Waals surface area contributed by atoms with Crippen LogP contribution in [0.25, 0.3) is 10.8 Å². The van der Waals surface area contributed by atoms with Gasteiger partial charge in [0.1, 0.15) is 0 Å². The van der Waals surface area contributed by atoms with Crippen LogP contribution >= 0.6 is 0 Å². The van der Waals surface area contributed by atoms with Gasteiger partial charge in [-0.1, -0.05) is 67.3 Å². The molecule has 124 valence electrons. The largest absolute Gasteiger partial charge is 0.324 e. The molecule has 0 bridgehead atoms. The number of rotatable bonds is 5. The van der Waals surface area contributed by atoms with E-state index in [0.29, 0.717) is 6.54 Å². The minimum absolute atomic E-state index is 0.0559. The molecule has 0 aromatic heterocycles. The van der Waals surface area contributed by atoms with Crippen molar-refractivity contribution in [2.24, 2.45) is 0 Å². The zero-order valence-corrected chi connectivity index (χ0v) is 14.6. The summed E-state index contributed by atoms with van der Waals surface area (Å²) in [5.74, 6) is 0. The average Bonchev–Trinajstić information content (AvgIpc) is 2.63. The van der Waals surface area contributed by atoms with Gasteiger partial charge in [-0.2, -0.15) is 0 Å². The summed E-state index contributed by atoms with van der Waals surface area (Å²) < 4.78 is 0. The number of urea groups is 1. The summed E-state index contributed by atoms with van der Waals surface area (Å²) in [5, 5.41) is 2.19. The van der Waals surface area contributed by atoms with Gasteiger partial charge >= 0.3 is 6.03 Å². The summed E-state index contributed by atoms with van der Waals surface area (Å²) in [6, 6.07) is 14.0. The van der Waals surface area contributed by atoms with E-state index in [1.54, 1.807) is 22.9 Å². The van der Waals surface area contributed by atoms with Gasteiger partial charge in [-0.15, -0.1) is 0 Å². The highest BCUT2D eigenvalue weighted by atomic mass is 16.2. The Bertz CT molecular complexity index is 784. The highest BCUT2D eigenvalue weighted by Gasteiger charge is 2.17. The third-order valence-electron chi connectivity index (χ3n) is 3.93. The fourth-order valence-electron chi connectivity index (χ4n) is 2.61. The monoisotopic (exact) mass is 320 g/mol. The lowest BCUT2D eigenvalue weighted by Gasteiger charge is -2.26. The molecule has 0 heterocycles. The molecule has 0 N–H and O–H groups in total. The van der Waals surface area contributed by atoms with Crippen molar-refractivity contribution in [2.45, 2.75) is 6.92 Å². The van der Waals surface area contributed by atoms with Crippen molar-refractivity contribution in [3.8, 4) is 0 Å². The molecule has 3 nitrogen and oxygen atoms in total. The molecule has 0 aliphatic carbocycles. The fourth-order valence-corrected chi connectivity index (χ4v) is 2.61. The van der Waals surface area contributed by atoms with Crippen LogP contribution in [0.2, 0.25) is 0 Å². The fraction of sp³-hybridized carbons (Fsp3) is 0.190. The van der Waals surface area contributed by atoms with Crippen LogP contribution in [0, 0.1) is 0 Å². The van der Waals surface area contributed by atoms with Gasteiger partial charge in [0.25, 0.3) is 0 Å². The average molecular weight is 320 g/mol. The second kappa shape index (κ2) is 8.16. The molecule has 3 heteroatoms. The quantitative estimate of drug-likeness (QED) is 0.710. The lowest BCUT2D eigenvalue weighted by Crippen LogP contribution is -2.39. The Morgan fingerprint density at radius 2 is 1.83 bits per heavy atom. The van der Waals surface area contributed by atoms with E-state index in [9.17, 15) is 4.79 Å². The number of anilines is 1. The Morgan fingerprint density at radius 1 is 1.12 bits per heavy atom. The van der Waals surface area contributed by atoms with Crippen molar-refractivity contribution in [3.05, 3.63) is 78.9 Å². The van der Waals surface area contributed by atoms with Gasteiger partial charge in [0.15, 0.2) is 0 Å². The van der Waals surface area contributed by atoms with Gasteiger partial charge < -0.3 is 4.90 Å². The number of fused-ring (bicyclic) bond motifs is 1. The zero-order valence-electron chi connectivity index (χ0n) is 14.6. The molecule has 0 atom stereocenters. The Labute approximate surface area is 144 Å². The predicted octanol–water partition coefficient (Wildman–Crippen LogP) is 5.02. The highest BCUT2D eigenvalue weighted by molar-refractivity contribution is 6.02. The normalized spacial score (nSPS) is 11.7. The first kappa shape index (κ1) is 17.5. The van der Waals surface area contributed by atoms with Gasteiger partial charge in [-0.05, 0) is 23.9 Å². The van der Waals surface area contributed by atoms with Crippen molar-refractivity contribution in [3.63, 3.8) is 0 Å². The Kier molecular flexibility index (Phi) is 5.96. The molecule has 0 unspecified atom stereocenters. The number of hydrogen-bond acceptors (Lipinski definition) is 1. The second-order valence-electron chi connectivity index (χ2n) is 5.67. The third-order valence-corrected chi connectivity index (χ3v) is 3.93. The van der Waals surface area contributed by atoms with Crippen LogP contribution in [0.4, 0.5) is 10.5 Å². The second-order valence-corrected chi connectivity index (χ2v) is 5.67. The lowest BCUT2D eigenvalue weighted by molar-refractivity contribution is 0.220. The number of carbonyl (C=O) groups is 1. The molecule has 0 fully saturated rings. The summed E-state index contributed by atoms with van der Waals surface area (Å²) in [6.45, 7) is 6.29. The van der Waals surface area contributed by atoms with Crippen molar-refractivity contribution in [1.82, 2.24) is 4.90 Å². The van der Waals surface area contributed by atoms with Crippen LogP contribution in [0.15, 0.2) is 78.9 Å². The molecule has 0 radical (unpaired) electrons. The summed E-state index contributed by atoms with van der Waals surface area (Å²) >= 11 is 0. The van der Waals surface area contributed by atoms with Crippen molar-refractivity contribution in [1.29, 1.82) is 0 Å². The first-order valence-electron chi connectivity index (χ1n) is 7.99. The number of allylic oxidation sites excluding steroid dienone is 3. The van der Waals surface area contributed by atoms with Crippen molar-refractivity contribution >= 4 is 22.5 Å². The molecule has 2 aromatic rings. The van der Waals surface area contributed by atoms with Crippen LogP contribution in [0.1, 0.15) is 6.92 Å². The number of carbonyl (C=O) groups excluding carboxylic acids is 1. The standard InChI is InChI=1S/C21H24N2O/c1-5-7-11-17(6-2)16-22(3)21(24)23(4)20-15-10-13-18-12-8-9-14-19(18)20/h5-15H,2,16H2,1,3-4H3/b7-5-,17-11+. The smallest absolute Gasteiger partial charge is 0.323 e. The van der Waals surface area contributed by atoms with Crippen LogP contribution in [0.3, 0.4) is 0 Å². The van der Waals surface area contributed by atoms with E-state index in [0.717, 1.165) is 22.0 Å². The van der Waals surface area contributed by atoms with Crippen LogP contribution in [-0.4, -0.2) is 31.6 Å². The lowest BCUT2D eigenvalue weighted by atomic mass is 10.1. The van der Waals surface area contributed by atoms with Crippen LogP contribution < -0.4 is 4.90 Å². The number of likely N-dealkylation sites (N-methyl/N-ethyl adjacent to an activating group) is 1. The summed E-state index contributed by atoms with van der Waals surface area (Å²) in [7, 11) is 3.61. The molecule has 0 aliphatic rings. The molecule has 2 aromatic carbocycles. The summed E-state index contributed by atoms with van der Waals surface area (Å²) in [6.07, 6.45) is 7.65. The predicted molar refractivity (Wildman–Crippen MR) is 103 cm³/mol. The van der Waals surface area contributed by atoms with E-state index >= 15 is 0 Å². The van der Waals surface area contributed by atoms with Gasteiger partial charge in [0.2, 0.25) is 0 Å². The molecular formula is C21H24N2O. The molecule has 0 saturated heterocycles. The molecule has 0 saturated carbocycles. The van der Waals surface area contributed by atoms with E-state index in [1.165, 1.54) is 0 Å². The SMILES string of the molecule is C=C/C(=C\C=C/C)CN(C)C(=O)N(C)c1cccc2ccccc12. The third kappa shape index (κ3) is 3.93. The maximum absolute atomic E-state index is 12.8. The van der Waals surface area contributed by atoms with E-state index in [1.807, 2.05) is 62.5 Å². The maximum atomic E-state index is 12.8. The summed E-state index contributed by atoms with van der Waals surface area (Å²) in [4.78, 5) is 16.2. The highest BCUT2D eigenvalue weighted by Crippen LogP contribution is 2.26. The van der Waals surface area contributed by atoms with Crippen molar-refractivity contribution < 1.29 is 4.79 Å². The van der Waals surface area contributed by atoms with Gasteiger partial charge in [-0.3, -0.25) is 4.90 Å². The number of hydrogen-bond donors (Lipinski definition) is 0. The summed E-state index contributed by atoms with van der Waals surface area (Å²) in [5.41, 5.74) is 1.90. The molecule has 2 rings (SSSR count). The van der Waals surface area contributed by atoms with Gasteiger partial charge in [0, 0.05) is 26.0 Å². The Balaban J connectivity index is 2.23. The minimum atomic E-state index is -0.0559. The number of nitrogens with zero attached hydrogens (tertiary/aromatic N) is 2. The molecule has 0 aliphatic heterocycles. The number of benzene rings is 2. The van der Waals surface area contributed by atoms with Crippen LogP contribution in [-0.2, 0) is 0 Å². The van der Waals surface area contributed by atoms with E-state index in [2.05, 4.69) is 18.7 Å². The molecule has 0 spiro atoms. The topological polar surface area (TPSA) is 23.6 Å². The molecule has 24 heavy (non-hydrogen) atoms. The van der Waals surface area contributed by atoms with E-state index in [-0.39, 0.29) is 6.03 Å². The number of amides is 2. The van der Waals surface area contributed by atoms with Crippen molar-refractivity contribution in [2.75, 3.05) is 25.5 Å². The minimum Gasteiger partial charge on any atom is -0.323 e. The van der Waals surface area contributed by atoms with Gasteiger partial charge in [-0.25, -0.2) is 4.79 Å². The first-order chi connectivity index (χ1) is 11.6. The first-order valence-corrected chi connectivity index (χ1v) is 7.99.